The molecule has 1 fully saturated rings. The molecule has 0 aliphatic carbocycles. The van der Waals surface area contributed by atoms with Crippen molar-refractivity contribution in [2.75, 3.05) is 6.54 Å². The molecule has 2 N–H and O–H groups in total. The van der Waals surface area contributed by atoms with Crippen molar-refractivity contribution in [3.8, 4) is 0 Å². The van der Waals surface area contributed by atoms with Gasteiger partial charge in [0.25, 0.3) is 5.56 Å². The van der Waals surface area contributed by atoms with Gasteiger partial charge in [-0.05, 0) is 27.7 Å². The number of hydrogen-bond acceptors (Lipinski definition) is 5. The minimum absolute atomic E-state index is 0.0112. The van der Waals surface area contributed by atoms with Crippen molar-refractivity contribution in [1.29, 1.82) is 0 Å². The van der Waals surface area contributed by atoms with Crippen molar-refractivity contribution in [3.05, 3.63) is 32.6 Å². The molecule has 2 atom stereocenters. The van der Waals surface area contributed by atoms with Gasteiger partial charge in [-0.3, -0.25) is 19.2 Å². The van der Waals surface area contributed by atoms with E-state index in [0.29, 0.717) is 5.56 Å². The molecule has 9 nitrogen and oxygen atoms in total. The van der Waals surface area contributed by atoms with E-state index in [0.717, 1.165) is 4.90 Å². The summed E-state index contributed by atoms with van der Waals surface area (Å²) >= 11 is 0. The summed E-state index contributed by atoms with van der Waals surface area (Å²) in [6.45, 7) is 6.61. The number of rotatable bonds is 2. The van der Waals surface area contributed by atoms with E-state index in [4.69, 9.17) is 4.74 Å². The first kappa shape index (κ1) is 17.8. The van der Waals surface area contributed by atoms with Gasteiger partial charge in [-0.15, -0.1) is 0 Å². The molecule has 1 unspecified atom stereocenters. The van der Waals surface area contributed by atoms with Crippen molar-refractivity contribution >= 4 is 12.1 Å². The zero-order chi connectivity index (χ0) is 18.2. The van der Waals surface area contributed by atoms with Crippen LogP contribution >= 0.6 is 0 Å². The van der Waals surface area contributed by atoms with Crippen molar-refractivity contribution in [3.63, 3.8) is 0 Å². The summed E-state index contributed by atoms with van der Waals surface area (Å²) in [5.41, 5.74) is -1.56. The van der Waals surface area contributed by atoms with E-state index in [9.17, 15) is 24.3 Å². The summed E-state index contributed by atoms with van der Waals surface area (Å²) in [6.07, 6.45) is 0.690. The molecule has 1 aliphatic heterocycles. The molecule has 1 aliphatic rings. The maximum atomic E-state index is 12.3. The number of carbonyl (C=O) groups is 2. The number of amides is 1. The topological polar surface area (TPSA) is 122 Å². The number of aliphatic carboxylic acids is 1. The molecule has 24 heavy (non-hydrogen) atoms. The highest BCUT2D eigenvalue weighted by Gasteiger charge is 2.42. The average molecular weight is 339 g/mol. The van der Waals surface area contributed by atoms with Gasteiger partial charge in [0.05, 0.1) is 6.04 Å². The van der Waals surface area contributed by atoms with Crippen LogP contribution in [0.5, 0.6) is 0 Å². The Bertz CT molecular complexity index is 773. The minimum Gasteiger partial charge on any atom is -0.480 e. The van der Waals surface area contributed by atoms with Crippen LogP contribution in [0.15, 0.2) is 15.8 Å². The van der Waals surface area contributed by atoms with Gasteiger partial charge in [0.2, 0.25) is 0 Å². The van der Waals surface area contributed by atoms with Crippen molar-refractivity contribution in [2.45, 2.75) is 51.8 Å². The summed E-state index contributed by atoms with van der Waals surface area (Å²) in [5, 5.41) is 9.37. The van der Waals surface area contributed by atoms with E-state index in [1.807, 2.05) is 0 Å². The van der Waals surface area contributed by atoms with E-state index in [1.165, 1.54) is 10.8 Å². The molecule has 132 valence electrons. The molecule has 1 aromatic heterocycles. The molecule has 0 spiro atoms. The monoisotopic (exact) mass is 339 g/mol. The van der Waals surface area contributed by atoms with E-state index < -0.39 is 41.0 Å². The number of nitrogens with zero attached hydrogens (tertiary/aromatic N) is 2. The van der Waals surface area contributed by atoms with E-state index in [1.54, 1.807) is 27.7 Å². The fourth-order valence-corrected chi connectivity index (χ4v) is 2.63. The predicted molar refractivity (Wildman–Crippen MR) is 84.1 cm³/mol. The summed E-state index contributed by atoms with van der Waals surface area (Å²) in [6, 6.07) is -1.65. The molecule has 0 bridgehead atoms. The van der Waals surface area contributed by atoms with Crippen molar-refractivity contribution in [1.82, 2.24) is 14.5 Å². The largest absolute Gasteiger partial charge is 0.480 e. The van der Waals surface area contributed by atoms with Crippen LogP contribution < -0.4 is 11.2 Å². The van der Waals surface area contributed by atoms with Crippen LogP contribution in [0.25, 0.3) is 0 Å². The van der Waals surface area contributed by atoms with Gasteiger partial charge in [0.15, 0.2) is 0 Å². The van der Waals surface area contributed by atoms with Gasteiger partial charge in [0, 0.05) is 24.7 Å². The van der Waals surface area contributed by atoms with Crippen molar-refractivity contribution in [2.24, 2.45) is 0 Å². The molecule has 0 aromatic carbocycles. The molecule has 1 saturated heterocycles. The lowest BCUT2D eigenvalue weighted by molar-refractivity contribution is -0.142. The third kappa shape index (κ3) is 3.66. The molecular weight excluding hydrogens is 318 g/mol. The van der Waals surface area contributed by atoms with Gasteiger partial charge in [-0.1, -0.05) is 0 Å². The highest BCUT2D eigenvalue weighted by molar-refractivity contribution is 5.81. The number of hydrogen-bond donors (Lipinski definition) is 2. The van der Waals surface area contributed by atoms with Gasteiger partial charge in [0.1, 0.15) is 11.6 Å². The first-order valence-electron chi connectivity index (χ1n) is 7.54. The number of carboxylic acid groups (broad SMARTS) is 1. The predicted octanol–water partition coefficient (Wildman–Crippen LogP) is 0.480. The Morgan fingerprint density at radius 3 is 2.50 bits per heavy atom. The Labute approximate surface area is 137 Å². The number of aryl methyl sites for hydroxylation is 1. The second-order valence-electron chi connectivity index (χ2n) is 6.85. The Balaban J connectivity index is 2.32. The Kier molecular flexibility index (Phi) is 4.54. The average Bonchev–Trinajstić information content (AvgIpc) is 2.86. The Hall–Kier alpha value is -2.58. The first-order chi connectivity index (χ1) is 11.0. The third-order valence-corrected chi connectivity index (χ3v) is 3.73. The Morgan fingerprint density at radius 2 is 1.96 bits per heavy atom. The minimum atomic E-state index is -1.17. The van der Waals surface area contributed by atoms with Crippen LogP contribution in [0.4, 0.5) is 4.79 Å². The Morgan fingerprint density at radius 1 is 1.33 bits per heavy atom. The third-order valence-electron chi connectivity index (χ3n) is 3.73. The van der Waals surface area contributed by atoms with E-state index >= 15 is 0 Å². The molecule has 0 radical (unpaired) electrons. The number of nitrogens with one attached hydrogen (secondary N) is 1. The molecule has 1 amide bonds. The molecule has 0 saturated carbocycles. The summed E-state index contributed by atoms with van der Waals surface area (Å²) < 4.78 is 6.50. The number of aromatic amines is 1. The summed E-state index contributed by atoms with van der Waals surface area (Å²) in [5.74, 6) is -1.17. The zero-order valence-electron chi connectivity index (χ0n) is 14.0. The number of ether oxygens (including phenoxy) is 1. The number of aromatic nitrogens is 2. The zero-order valence-corrected chi connectivity index (χ0v) is 14.0. The second-order valence-corrected chi connectivity index (χ2v) is 6.85. The standard InChI is InChI=1S/C15H21N3O6/c1-8-6-17(13(22)16-11(8)19)9-5-10(12(20)21)18(7-9)14(23)24-15(2,3)4/h6,9-10H,5,7H2,1-4H3,(H,20,21)(H,16,19,22)/t9-,10?/m1/s1. The number of likely N-dealkylation sites (tertiary alicyclic amines) is 1. The summed E-state index contributed by atoms with van der Waals surface area (Å²) in [7, 11) is 0. The fourth-order valence-electron chi connectivity index (χ4n) is 2.63. The van der Waals surface area contributed by atoms with E-state index in [2.05, 4.69) is 4.98 Å². The van der Waals surface area contributed by atoms with Crippen LogP contribution in [0.1, 0.15) is 38.8 Å². The molecule has 1 aromatic rings. The number of carbonyl (C=O) groups excluding carboxylic acids is 1. The van der Waals surface area contributed by atoms with Crippen LogP contribution in [-0.4, -0.2) is 49.8 Å². The lowest BCUT2D eigenvalue weighted by Crippen LogP contribution is -2.43. The SMILES string of the molecule is Cc1cn([C@@H]2CC(C(=O)O)N(C(=O)OC(C)(C)C)C2)c(=O)[nH]c1=O. The quantitative estimate of drug-likeness (QED) is 0.808. The maximum Gasteiger partial charge on any atom is 0.411 e. The fraction of sp³-hybridized carbons (Fsp3) is 0.600. The first-order valence-corrected chi connectivity index (χ1v) is 7.54. The van der Waals surface area contributed by atoms with Crippen LogP contribution in [0.2, 0.25) is 0 Å². The lowest BCUT2D eigenvalue weighted by atomic mass is 10.1. The van der Waals surface area contributed by atoms with E-state index in [-0.39, 0.29) is 13.0 Å². The molecule has 9 heteroatoms. The van der Waals surface area contributed by atoms with Gasteiger partial charge >= 0.3 is 17.8 Å². The van der Waals surface area contributed by atoms with Gasteiger partial charge in [-0.25, -0.2) is 14.4 Å². The highest BCUT2D eigenvalue weighted by Crippen LogP contribution is 2.28. The molecular formula is C15H21N3O6. The smallest absolute Gasteiger partial charge is 0.411 e. The number of carboxylic acids is 1. The van der Waals surface area contributed by atoms with Crippen LogP contribution in [-0.2, 0) is 9.53 Å². The van der Waals surface area contributed by atoms with Crippen molar-refractivity contribution < 1.29 is 19.4 Å². The van der Waals surface area contributed by atoms with Gasteiger partial charge in [-0.2, -0.15) is 0 Å². The van der Waals surface area contributed by atoms with Gasteiger partial charge < -0.3 is 9.84 Å². The molecule has 2 heterocycles. The number of H-pyrrole nitrogens is 1. The normalized spacial score (nSPS) is 20.9. The molecule has 2 rings (SSSR count). The second kappa shape index (κ2) is 6.14. The maximum absolute atomic E-state index is 12.3. The van der Waals surface area contributed by atoms with Crippen LogP contribution in [0.3, 0.4) is 0 Å². The van der Waals surface area contributed by atoms with Crippen LogP contribution in [0, 0.1) is 6.92 Å². The lowest BCUT2D eigenvalue weighted by Gasteiger charge is -2.26. The highest BCUT2D eigenvalue weighted by atomic mass is 16.6. The summed E-state index contributed by atoms with van der Waals surface area (Å²) in [4.78, 5) is 50.5.